The lowest BCUT2D eigenvalue weighted by Gasteiger charge is -2.72. The number of halogens is 1. The fourth-order valence-electron chi connectivity index (χ4n) is 13.1. The highest BCUT2D eigenvalue weighted by molar-refractivity contribution is 6.31. The molecular formula is C44H64ClNO5. The van der Waals surface area contributed by atoms with Crippen LogP contribution >= 0.6 is 11.6 Å². The third-order valence-electron chi connectivity index (χ3n) is 16.0. The van der Waals surface area contributed by atoms with Crippen molar-refractivity contribution in [2.75, 3.05) is 6.54 Å². The zero-order valence-corrected chi connectivity index (χ0v) is 33.6. The maximum Gasteiger partial charge on any atom is 0.309 e. The van der Waals surface area contributed by atoms with Crippen LogP contribution in [0.2, 0.25) is 5.02 Å². The first-order valence-corrected chi connectivity index (χ1v) is 20.3. The quantitative estimate of drug-likeness (QED) is 0.185. The van der Waals surface area contributed by atoms with Crippen molar-refractivity contribution in [1.82, 2.24) is 5.32 Å². The van der Waals surface area contributed by atoms with Crippen molar-refractivity contribution < 1.29 is 24.2 Å². The number of rotatable bonds is 10. The smallest absolute Gasteiger partial charge is 0.309 e. The number of allylic oxidation sites excluding steroid dienone is 2. The predicted molar refractivity (Wildman–Crippen MR) is 203 cm³/mol. The lowest BCUT2D eigenvalue weighted by atomic mass is 9.33. The van der Waals surface area contributed by atoms with Gasteiger partial charge in [0, 0.05) is 28.8 Å². The normalized spacial score (nSPS) is 37.4. The van der Waals surface area contributed by atoms with Gasteiger partial charge in [-0.3, -0.25) is 14.4 Å². The highest BCUT2D eigenvalue weighted by Gasteiger charge is 2.70. The average Bonchev–Trinajstić information content (AvgIpc) is 3.33. The molecule has 0 saturated heterocycles. The summed E-state index contributed by atoms with van der Waals surface area (Å²) in [6, 6.07) is 8.03. The monoisotopic (exact) mass is 721 g/mol. The van der Waals surface area contributed by atoms with Crippen LogP contribution in [0.4, 0.5) is 0 Å². The second kappa shape index (κ2) is 13.3. The van der Waals surface area contributed by atoms with Gasteiger partial charge < -0.3 is 15.2 Å². The molecule has 1 aromatic carbocycles. The molecule has 4 fully saturated rings. The van der Waals surface area contributed by atoms with Gasteiger partial charge in [-0.2, -0.15) is 0 Å². The second-order valence-electron chi connectivity index (χ2n) is 19.7. The Labute approximate surface area is 312 Å². The molecule has 0 radical (unpaired) electrons. The summed E-state index contributed by atoms with van der Waals surface area (Å²) in [7, 11) is 0. The van der Waals surface area contributed by atoms with E-state index in [1.165, 1.54) is 12.0 Å². The van der Waals surface area contributed by atoms with Crippen molar-refractivity contribution >= 4 is 29.3 Å². The molecular weight excluding hydrogens is 658 g/mol. The molecule has 0 aliphatic heterocycles. The summed E-state index contributed by atoms with van der Waals surface area (Å²) in [5, 5.41) is 14.1. The number of carbonyl (C=O) groups excluding carboxylic acids is 2. The first-order valence-electron chi connectivity index (χ1n) is 19.9. The molecule has 0 bridgehead atoms. The topological polar surface area (TPSA) is 92.7 Å². The summed E-state index contributed by atoms with van der Waals surface area (Å²) in [5.41, 5.74) is 2.74. The van der Waals surface area contributed by atoms with E-state index >= 15 is 0 Å². The summed E-state index contributed by atoms with van der Waals surface area (Å²) in [4.78, 5) is 38.8. The minimum absolute atomic E-state index is 0.0578. The van der Waals surface area contributed by atoms with Gasteiger partial charge in [0.1, 0.15) is 6.10 Å². The molecule has 8 atom stereocenters. The molecule has 0 amide bonds. The number of fused-ring (bicyclic) bond motifs is 7. The SMILES string of the molecule is CC(C)C1=C2[C@H]3CC[C@@H]4[C@@]5(C)CC[C@H](OC(=O)CC(C)(C)C(=O)O)C(C)(C)C5CC[C@@]4(C)[C@]3(C)CC[C@@]2(CCNCc2ccccc2Cl)CC1=O. The van der Waals surface area contributed by atoms with Crippen LogP contribution < -0.4 is 5.32 Å². The van der Waals surface area contributed by atoms with Gasteiger partial charge in [-0.15, -0.1) is 0 Å². The van der Waals surface area contributed by atoms with Crippen LogP contribution in [-0.4, -0.2) is 35.5 Å². The molecule has 1 unspecified atom stereocenters. The zero-order valence-electron chi connectivity index (χ0n) is 32.8. The number of benzene rings is 1. The predicted octanol–water partition coefficient (Wildman–Crippen LogP) is 10.2. The van der Waals surface area contributed by atoms with Crippen LogP contribution in [-0.2, 0) is 25.7 Å². The lowest BCUT2D eigenvalue weighted by Crippen LogP contribution is -2.65. The molecule has 0 heterocycles. The molecule has 51 heavy (non-hydrogen) atoms. The molecule has 5 aliphatic rings. The Hall–Kier alpha value is -2.18. The molecule has 7 heteroatoms. The van der Waals surface area contributed by atoms with E-state index in [1.807, 2.05) is 18.2 Å². The van der Waals surface area contributed by atoms with Crippen molar-refractivity contribution in [3.05, 3.63) is 46.0 Å². The van der Waals surface area contributed by atoms with E-state index in [0.717, 1.165) is 80.6 Å². The first kappa shape index (κ1) is 38.5. The standard InChI is InChI=1S/C44H64ClNO5/c1-27(2)36-31(47)24-44(22-23-46-26-28-12-10-11-13-30(28)45)21-20-42(8)29(37(36)44)14-15-33-41(7)18-17-34(51-35(48)25-39(3,4)38(49)50)40(5,6)32(41)16-19-43(33,42)9/h10-13,27,29,32-34,46H,14-26H2,1-9H3,(H,49,50)/t29-,32?,33-,34+,41+,42-,43-,44-/m1/s1. The minimum atomic E-state index is -1.15. The number of carboxylic acids is 1. The molecule has 6 rings (SSSR count). The Kier molecular flexibility index (Phi) is 10.0. The number of aliphatic carboxylic acids is 1. The van der Waals surface area contributed by atoms with Crippen molar-refractivity contribution in [3.63, 3.8) is 0 Å². The molecule has 6 nitrogen and oxygen atoms in total. The van der Waals surface area contributed by atoms with Gasteiger partial charge in [-0.05, 0) is 135 Å². The van der Waals surface area contributed by atoms with Gasteiger partial charge in [-0.25, -0.2) is 0 Å². The fourth-order valence-corrected chi connectivity index (χ4v) is 13.3. The maximum atomic E-state index is 14.0. The minimum Gasteiger partial charge on any atom is -0.481 e. The van der Waals surface area contributed by atoms with Crippen molar-refractivity contribution in [2.45, 2.75) is 146 Å². The molecule has 5 aliphatic carbocycles. The van der Waals surface area contributed by atoms with E-state index in [4.69, 9.17) is 16.3 Å². The highest BCUT2D eigenvalue weighted by atomic mass is 35.5. The Bertz CT molecular complexity index is 1590. The molecule has 282 valence electrons. The fraction of sp³-hybridized carbons (Fsp3) is 0.750. The van der Waals surface area contributed by atoms with Crippen LogP contribution in [0, 0.1) is 56.2 Å². The number of esters is 1. The van der Waals surface area contributed by atoms with Crippen molar-refractivity contribution in [3.8, 4) is 0 Å². The van der Waals surface area contributed by atoms with Gasteiger partial charge in [0.05, 0.1) is 11.8 Å². The number of carboxylic acid groups (broad SMARTS) is 1. The average molecular weight is 722 g/mol. The van der Waals surface area contributed by atoms with E-state index in [0.29, 0.717) is 30.0 Å². The number of hydrogen-bond donors (Lipinski definition) is 2. The Morgan fingerprint density at radius 1 is 0.961 bits per heavy atom. The van der Waals surface area contributed by atoms with Gasteiger partial charge >= 0.3 is 11.9 Å². The first-order chi connectivity index (χ1) is 23.7. The number of ether oxygens (including phenoxy) is 1. The zero-order chi connectivity index (χ0) is 37.4. The van der Waals surface area contributed by atoms with Crippen LogP contribution in [0.25, 0.3) is 0 Å². The second-order valence-corrected chi connectivity index (χ2v) is 20.1. The van der Waals surface area contributed by atoms with Crippen LogP contribution in [0.1, 0.15) is 139 Å². The highest BCUT2D eigenvalue weighted by Crippen LogP contribution is 2.77. The van der Waals surface area contributed by atoms with Crippen LogP contribution in [0.5, 0.6) is 0 Å². The van der Waals surface area contributed by atoms with E-state index in [9.17, 15) is 19.5 Å². The number of hydrogen-bond acceptors (Lipinski definition) is 5. The Balaban J connectivity index is 1.24. The molecule has 4 saturated carbocycles. The number of Topliss-reactive ketones (excluding diaryl/α,β-unsaturated/α-hetero) is 1. The Morgan fingerprint density at radius 3 is 2.33 bits per heavy atom. The summed E-state index contributed by atoms with van der Waals surface area (Å²) in [5.74, 6) is 0.621. The summed E-state index contributed by atoms with van der Waals surface area (Å²) < 4.78 is 6.18. The van der Waals surface area contributed by atoms with E-state index < -0.39 is 17.4 Å². The van der Waals surface area contributed by atoms with Gasteiger partial charge in [0.2, 0.25) is 0 Å². The number of carbonyl (C=O) groups is 3. The van der Waals surface area contributed by atoms with Gasteiger partial charge in [0.15, 0.2) is 5.78 Å². The van der Waals surface area contributed by atoms with E-state index in [2.05, 4.69) is 59.8 Å². The third kappa shape index (κ3) is 6.15. The summed E-state index contributed by atoms with van der Waals surface area (Å²) in [6.07, 6.45) is 9.91. The molecule has 0 aromatic heterocycles. The summed E-state index contributed by atoms with van der Waals surface area (Å²) in [6.45, 7) is 21.6. The van der Waals surface area contributed by atoms with Crippen LogP contribution in [0.15, 0.2) is 35.4 Å². The van der Waals surface area contributed by atoms with Crippen molar-refractivity contribution in [1.29, 1.82) is 0 Å². The Morgan fingerprint density at radius 2 is 1.67 bits per heavy atom. The van der Waals surface area contributed by atoms with E-state index in [1.54, 1.807) is 13.8 Å². The molecule has 0 spiro atoms. The number of ketones is 1. The van der Waals surface area contributed by atoms with E-state index in [-0.39, 0.29) is 45.5 Å². The van der Waals surface area contributed by atoms with Crippen LogP contribution in [0.3, 0.4) is 0 Å². The third-order valence-corrected chi connectivity index (χ3v) is 16.4. The lowest BCUT2D eigenvalue weighted by molar-refractivity contribution is -0.233. The van der Waals surface area contributed by atoms with Gasteiger partial charge in [-0.1, -0.05) is 83.8 Å². The molecule has 2 N–H and O–H groups in total. The number of nitrogens with one attached hydrogen (secondary N) is 1. The molecule has 1 aromatic rings. The largest absolute Gasteiger partial charge is 0.481 e. The summed E-state index contributed by atoms with van der Waals surface area (Å²) >= 11 is 6.47. The van der Waals surface area contributed by atoms with Crippen molar-refractivity contribution in [2.24, 2.45) is 56.2 Å². The maximum absolute atomic E-state index is 14.0. The van der Waals surface area contributed by atoms with Gasteiger partial charge in [0.25, 0.3) is 0 Å².